The number of anilines is 2. The number of thiocarbonyl (C=S) groups is 1. The Morgan fingerprint density at radius 2 is 1.96 bits per heavy atom. The first-order chi connectivity index (χ1) is 12.2. The Balaban J connectivity index is 1.34. The summed E-state index contributed by atoms with van der Waals surface area (Å²) < 4.78 is 5.84. The number of amides is 1. The van der Waals surface area contributed by atoms with Crippen LogP contribution in [0, 0.1) is 0 Å². The minimum atomic E-state index is 0.206. The number of nitrogens with zero attached hydrogens (tertiary/aromatic N) is 1. The molecule has 1 amide bonds. The van der Waals surface area contributed by atoms with Crippen molar-refractivity contribution in [3.05, 3.63) is 24.3 Å². The van der Waals surface area contributed by atoms with E-state index in [0.717, 1.165) is 43.9 Å². The fourth-order valence-corrected chi connectivity index (χ4v) is 3.62. The van der Waals surface area contributed by atoms with Crippen molar-refractivity contribution in [2.24, 2.45) is 0 Å². The number of hydrogen-bond acceptors (Lipinski definition) is 3. The maximum absolute atomic E-state index is 11.8. The average molecular weight is 362 g/mol. The lowest BCUT2D eigenvalue weighted by Gasteiger charge is -2.16. The van der Waals surface area contributed by atoms with Crippen LogP contribution in [0.1, 0.15) is 44.9 Å². The average Bonchev–Trinajstić information content (AvgIpc) is 3.27. The molecule has 3 rings (SSSR count). The molecule has 1 aliphatic heterocycles. The van der Waals surface area contributed by atoms with E-state index in [1.54, 1.807) is 0 Å². The zero-order valence-corrected chi connectivity index (χ0v) is 15.4. The summed E-state index contributed by atoms with van der Waals surface area (Å²) in [6.07, 6.45) is 8.07. The first-order valence-electron chi connectivity index (χ1n) is 9.29. The van der Waals surface area contributed by atoms with Crippen LogP contribution in [-0.4, -0.2) is 36.8 Å². The van der Waals surface area contributed by atoms with Gasteiger partial charge in [-0.1, -0.05) is 12.8 Å². The van der Waals surface area contributed by atoms with Crippen LogP contribution in [0.2, 0.25) is 0 Å². The Morgan fingerprint density at radius 3 is 2.64 bits per heavy atom. The van der Waals surface area contributed by atoms with Gasteiger partial charge in [-0.3, -0.25) is 4.79 Å². The summed E-state index contributed by atoms with van der Waals surface area (Å²) in [5, 5.41) is 7.00. The second-order valence-corrected chi connectivity index (χ2v) is 7.12. The molecule has 2 N–H and O–H groups in total. The molecule has 6 heteroatoms. The van der Waals surface area contributed by atoms with Crippen molar-refractivity contribution in [2.45, 2.75) is 51.0 Å². The molecule has 5 nitrogen and oxygen atoms in total. The van der Waals surface area contributed by atoms with Gasteiger partial charge in [0.1, 0.15) is 0 Å². The minimum Gasteiger partial charge on any atom is -0.378 e. The molecule has 0 bridgehead atoms. The Kier molecular flexibility index (Phi) is 6.64. The molecule has 25 heavy (non-hydrogen) atoms. The molecule has 1 aliphatic carbocycles. The van der Waals surface area contributed by atoms with Crippen LogP contribution in [0.15, 0.2) is 24.3 Å². The van der Waals surface area contributed by atoms with E-state index in [-0.39, 0.29) is 5.91 Å². The molecule has 1 saturated heterocycles. The number of carbonyl (C=O) groups excluding carboxylic acids is 1. The van der Waals surface area contributed by atoms with Crippen LogP contribution in [0.3, 0.4) is 0 Å². The number of benzene rings is 1. The largest absolute Gasteiger partial charge is 0.378 e. The number of hydrogen-bond donors (Lipinski definition) is 2. The number of rotatable bonds is 7. The highest BCUT2D eigenvalue weighted by Gasteiger charge is 2.21. The van der Waals surface area contributed by atoms with Crippen molar-refractivity contribution >= 4 is 34.6 Å². The van der Waals surface area contributed by atoms with E-state index in [1.807, 2.05) is 29.2 Å². The van der Waals surface area contributed by atoms with Crippen LogP contribution in [0.4, 0.5) is 11.4 Å². The lowest BCUT2D eigenvalue weighted by molar-refractivity contribution is -0.117. The van der Waals surface area contributed by atoms with Crippen molar-refractivity contribution in [1.29, 1.82) is 0 Å². The van der Waals surface area contributed by atoms with Gasteiger partial charge in [-0.05, 0) is 62.2 Å². The van der Waals surface area contributed by atoms with Gasteiger partial charge in [0.25, 0.3) is 0 Å². The third-order valence-corrected chi connectivity index (χ3v) is 5.02. The van der Waals surface area contributed by atoms with E-state index in [1.165, 1.54) is 25.7 Å². The number of carbonyl (C=O) groups is 1. The lowest BCUT2D eigenvalue weighted by Crippen LogP contribution is -2.30. The van der Waals surface area contributed by atoms with Crippen LogP contribution >= 0.6 is 12.2 Å². The number of ether oxygens (including phenoxy) is 1. The summed E-state index contributed by atoms with van der Waals surface area (Å²) in [7, 11) is 0. The van der Waals surface area contributed by atoms with E-state index in [4.69, 9.17) is 17.0 Å². The van der Waals surface area contributed by atoms with Gasteiger partial charge in [-0.2, -0.15) is 0 Å². The van der Waals surface area contributed by atoms with E-state index < -0.39 is 0 Å². The molecule has 0 atom stereocenters. The van der Waals surface area contributed by atoms with E-state index in [0.29, 0.717) is 17.6 Å². The molecule has 2 fully saturated rings. The summed E-state index contributed by atoms with van der Waals surface area (Å²) in [6, 6.07) is 7.84. The van der Waals surface area contributed by atoms with Crippen LogP contribution < -0.4 is 15.5 Å². The molecule has 0 unspecified atom stereocenters. The van der Waals surface area contributed by atoms with Crippen molar-refractivity contribution in [2.75, 3.05) is 29.9 Å². The second-order valence-electron chi connectivity index (χ2n) is 6.71. The topological polar surface area (TPSA) is 53.6 Å². The summed E-state index contributed by atoms with van der Waals surface area (Å²) >= 11 is 5.32. The van der Waals surface area contributed by atoms with Crippen molar-refractivity contribution < 1.29 is 9.53 Å². The molecule has 1 aromatic carbocycles. The molecule has 0 spiro atoms. The molecule has 1 heterocycles. The summed E-state index contributed by atoms with van der Waals surface area (Å²) in [5.41, 5.74) is 1.88. The Hall–Kier alpha value is -1.66. The Morgan fingerprint density at radius 1 is 1.20 bits per heavy atom. The van der Waals surface area contributed by atoms with E-state index >= 15 is 0 Å². The van der Waals surface area contributed by atoms with Gasteiger partial charge in [0.05, 0.1) is 6.10 Å². The van der Waals surface area contributed by atoms with Crippen LogP contribution in [-0.2, 0) is 9.53 Å². The fourth-order valence-electron chi connectivity index (χ4n) is 3.40. The van der Waals surface area contributed by atoms with Gasteiger partial charge >= 0.3 is 0 Å². The molecule has 136 valence electrons. The Bertz CT molecular complexity index is 585. The molecule has 1 saturated carbocycles. The molecule has 2 aliphatic rings. The lowest BCUT2D eigenvalue weighted by atomic mass is 10.2. The van der Waals surface area contributed by atoms with Crippen molar-refractivity contribution in [3.63, 3.8) is 0 Å². The van der Waals surface area contributed by atoms with Crippen LogP contribution in [0.5, 0.6) is 0 Å². The normalized spacial score (nSPS) is 17.9. The van der Waals surface area contributed by atoms with E-state index in [9.17, 15) is 4.79 Å². The summed E-state index contributed by atoms with van der Waals surface area (Å²) in [4.78, 5) is 13.6. The summed E-state index contributed by atoms with van der Waals surface area (Å²) in [6.45, 7) is 2.41. The molecular weight excluding hydrogens is 334 g/mol. The highest BCUT2D eigenvalue weighted by atomic mass is 32.1. The highest BCUT2D eigenvalue weighted by molar-refractivity contribution is 7.80. The monoisotopic (exact) mass is 361 g/mol. The molecular formula is C19H27N3O2S. The quantitative estimate of drug-likeness (QED) is 0.575. The third kappa shape index (κ3) is 5.41. The van der Waals surface area contributed by atoms with E-state index in [2.05, 4.69) is 10.6 Å². The summed E-state index contributed by atoms with van der Waals surface area (Å²) in [5.74, 6) is 0.206. The van der Waals surface area contributed by atoms with Crippen molar-refractivity contribution in [1.82, 2.24) is 5.32 Å². The minimum absolute atomic E-state index is 0.206. The van der Waals surface area contributed by atoms with Gasteiger partial charge in [0.2, 0.25) is 5.91 Å². The fraction of sp³-hybridized carbons (Fsp3) is 0.579. The smallest absolute Gasteiger partial charge is 0.227 e. The van der Waals surface area contributed by atoms with Gasteiger partial charge in [0, 0.05) is 37.5 Å². The molecule has 0 aromatic heterocycles. The van der Waals surface area contributed by atoms with Gasteiger partial charge in [0.15, 0.2) is 5.11 Å². The van der Waals surface area contributed by atoms with Gasteiger partial charge in [-0.25, -0.2) is 0 Å². The highest BCUT2D eigenvalue weighted by Crippen LogP contribution is 2.23. The molecule has 1 aromatic rings. The SMILES string of the molecule is O=C1CCCN1c1ccc(NC(=S)NCCCOC2CCCC2)cc1. The first kappa shape index (κ1) is 18.1. The standard InChI is InChI=1S/C19H27N3O2S/c23-18-7-3-13-22(18)16-10-8-15(9-11-16)21-19(25)20-12-4-14-24-17-5-1-2-6-17/h8-11,17H,1-7,12-14H2,(H2,20,21,25). The predicted molar refractivity (Wildman–Crippen MR) is 105 cm³/mol. The number of nitrogens with one attached hydrogen (secondary N) is 2. The maximum atomic E-state index is 11.8. The van der Waals surface area contributed by atoms with Gasteiger partial charge < -0.3 is 20.3 Å². The van der Waals surface area contributed by atoms with Gasteiger partial charge in [-0.15, -0.1) is 0 Å². The van der Waals surface area contributed by atoms with Crippen LogP contribution in [0.25, 0.3) is 0 Å². The molecule has 0 radical (unpaired) electrons. The maximum Gasteiger partial charge on any atom is 0.227 e. The first-order valence-corrected chi connectivity index (χ1v) is 9.70. The predicted octanol–water partition coefficient (Wildman–Crippen LogP) is 3.45. The zero-order chi connectivity index (χ0) is 17.5. The third-order valence-electron chi connectivity index (χ3n) is 4.77. The Labute approximate surface area is 155 Å². The van der Waals surface area contributed by atoms with Crippen molar-refractivity contribution in [3.8, 4) is 0 Å². The zero-order valence-electron chi connectivity index (χ0n) is 14.6. The second kappa shape index (κ2) is 9.15.